The first-order chi connectivity index (χ1) is 18.2. The van der Waals surface area contributed by atoms with E-state index in [0.717, 1.165) is 12.8 Å². The average molecular weight is 589 g/mol. The summed E-state index contributed by atoms with van der Waals surface area (Å²) in [5, 5.41) is 15.0. The van der Waals surface area contributed by atoms with Gasteiger partial charge >= 0.3 is 6.18 Å². The van der Waals surface area contributed by atoms with Crippen molar-refractivity contribution in [1.29, 1.82) is 0 Å². The molecule has 1 aromatic heterocycles. The van der Waals surface area contributed by atoms with E-state index in [1.807, 2.05) is 0 Å². The first-order valence-electron chi connectivity index (χ1n) is 12.5. The molecule has 0 aliphatic carbocycles. The van der Waals surface area contributed by atoms with Gasteiger partial charge in [0.25, 0.3) is 11.8 Å². The van der Waals surface area contributed by atoms with Gasteiger partial charge in [-0.2, -0.15) is 13.2 Å². The fourth-order valence-corrected chi connectivity index (χ4v) is 5.43. The van der Waals surface area contributed by atoms with Crippen molar-refractivity contribution >= 4 is 40.8 Å². The molecule has 13 heteroatoms. The van der Waals surface area contributed by atoms with Gasteiger partial charge in [-0.1, -0.05) is 23.2 Å². The number of nitrogens with zero attached hydrogens (tertiary/aromatic N) is 2. The Morgan fingerprint density at radius 3 is 2.38 bits per heavy atom. The SMILES string of the molecule is CC(C)(Oc1ccc(Cl)cc1Cl)C(=O)N[C@H]1C[C@H]2CC[C@@H](C1)N2c1ccc(C(=O)NCC(O)C(F)(F)F)cn1. The number of rotatable bonds is 8. The highest BCUT2D eigenvalue weighted by Gasteiger charge is 2.43. The van der Waals surface area contributed by atoms with Crippen LogP contribution in [0.3, 0.4) is 0 Å². The molecule has 2 fully saturated rings. The fraction of sp³-hybridized carbons (Fsp3) is 0.500. The van der Waals surface area contributed by atoms with Crippen LogP contribution in [0.15, 0.2) is 36.5 Å². The molecule has 2 aliphatic heterocycles. The summed E-state index contributed by atoms with van der Waals surface area (Å²) in [5.41, 5.74) is -1.09. The van der Waals surface area contributed by atoms with Crippen molar-refractivity contribution in [2.45, 2.75) is 75.5 Å². The number of piperidine rings is 1. The number of carbonyl (C=O) groups is 2. The second-order valence-corrected chi connectivity index (χ2v) is 11.1. The number of amides is 2. The summed E-state index contributed by atoms with van der Waals surface area (Å²) in [6.07, 6.45) is -2.93. The molecule has 3 N–H and O–H groups in total. The number of aromatic nitrogens is 1. The number of ether oxygens (including phenoxy) is 1. The number of nitrogens with one attached hydrogen (secondary N) is 2. The number of carbonyl (C=O) groups excluding carboxylic acids is 2. The molecule has 3 heterocycles. The van der Waals surface area contributed by atoms with E-state index in [1.54, 1.807) is 38.1 Å². The van der Waals surface area contributed by atoms with Crippen LogP contribution in [0.2, 0.25) is 10.0 Å². The molecule has 4 atom stereocenters. The summed E-state index contributed by atoms with van der Waals surface area (Å²) in [6.45, 7) is 2.40. The van der Waals surface area contributed by atoms with Crippen molar-refractivity contribution in [2.75, 3.05) is 11.4 Å². The molecule has 212 valence electrons. The van der Waals surface area contributed by atoms with E-state index in [2.05, 4.69) is 20.5 Å². The van der Waals surface area contributed by atoms with Gasteiger partial charge in [-0.05, 0) is 69.9 Å². The Labute approximate surface area is 233 Å². The predicted octanol–water partition coefficient (Wildman–Crippen LogP) is 4.52. The maximum absolute atomic E-state index is 13.1. The summed E-state index contributed by atoms with van der Waals surface area (Å²) >= 11 is 12.1. The monoisotopic (exact) mass is 588 g/mol. The van der Waals surface area contributed by atoms with Gasteiger partial charge in [0.1, 0.15) is 11.6 Å². The predicted molar refractivity (Wildman–Crippen MR) is 140 cm³/mol. The number of fused-ring (bicyclic) bond motifs is 2. The summed E-state index contributed by atoms with van der Waals surface area (Å²) in [7, 11) is 0. The minimum Gasteiger partial charge on any atom is -0.476 e. The van der Waals surface area contributed by atoms with Crippen LogP contribution in [-0.4, -0.2) is 64.5 Å². The smallest absolute Gasteiger partial charge is 0.416 e. The lowest BCUT2D eigenvalue weighted by atomic mass is 9.96. The molecule has 2 aromatic rings. The van der Waals surface area contributed by atoms with E-state index in [-0.39, 0.29) is 29.6 Å². The van der Waals surface area contributed by atoms with E-state index < -0.39 is 30.3 Å². The third-order valence-corrected chi connectivity index (χ3v) is 7.51. The highest BCUT2D eigenvalue weighted by Crippen LogP contribution is 2.39. The highest BCUT2D eigenvalue weighted by molar-refractivity contribution is 6.35. The lowest BCUT2D eigenvalue weighted by Crippen LogP contribution is -2.55. The zero-order chi connectivity index (χ0) is 28.5. The van der Waals surface area contributed by atoms with Gasteiger partial charge in [-0.25, -0.2) is 4.98 Å². The van der Waals surface area contributed by atoms with Gasteiger partial charge < -0.3 is 25.4 Å². The van der Waals surface area contributed by atoms with Crippen molar-refractivity contribution in [1.82, 2.24) is 15.6 Å². The Kier molecular flexibility index (Phi) is 8.53. The number of aliphatic hydroxyl groups excluding tert-OH is 1. The van der Waals surface area contributed by atoms with Gasteiger partial charge in [0.05, 0.1) is 17.1 Å². The Hall–Kier alpha value is -2.76. The van der Waals surface area contributed by atoms with Crippen molar-refractivity contribution in [3.8, 4) is 5.75 Å². The Morgan fingerprint density at radius 1 is 1.15 bits per heavy atom. The Balaban J connectivity index is 1.34. The summed E-state index contributed by atoms with van der Waals surface area (Å²) in [5.74, 6) is -0.0157. The lowest BCUT2D eigenvalue weighted by Gasteiger charge is -2.40. The number of halogens is 5. The van der Waals surface area contributed by atoms with Crippen molar-refractivity contribution < 1.29 is 32.6 Å². The third-order valence-electron chi connectivity index (χ3n) is 6.98. The van der Waals surface area contributed by atoms with Gasteiger partial charge in [0, 0.05) is 29.3 Å². The second kappa shape index (κ2) is 11.4. The lowest BCUT2D eigenvalue weighted by molar-refractivity contribution is -0.201. The van der Waals surface area contributed by atoms with Crippen LogP contribution < -0.4 is 20.3 Å². The van der Waals surface area contributed by atoms with E-state index in [9.17, 15) is 22.8 Å². The van der Waals surface area contributed by atoms with Crippen molar-refractivity contribution in [3.63, 3.8) is 0 Å². The molecule has 2 saturated heterocycles. The topological polar surface area (TPSA) is 104 Å². The number of hydrogen-bond donors (Lipinski definition) is 3. The van der Waals surface area contributed by atoms with Crippen LogP contribution in [-0.2, 0) is 4.79 Å². The van der Waals surface area contributed by atoms with Crippen LogP contribution in [0, 0.1) is 0 Å². The summed E-state index contributed by atoms with van der Waals surface area (Å²) < 4.78 is 43.3. The first-order valence-corrected chi connectivity index (χ1v) is 13.2. The van der Waals surface area contributed by atoms with E-state index in [1.165, 1.54) is 12.3 Å². The molecule has 4 rings (SSSR count). The molecule has 0 saturated carbocycles. The zero-order valence-electron chi connectivity index (χ0n) is 21.3. The normalized spacial score (nSPS) is 21.8. The molecule has 0 radical (unpaired) electrons. The summed E-state index contributed by atoms with van der Waals surface area (Å²) in [6, 6.07) is 8.13. The zero-order valence-corrected chi connectivity index (χ0v) is 22.8. The van der Waals surface area contributed by atoms with Crippen molar-refractivity contribution in [2.24, 2.45) is 0 Å². The maximum atomic E-state index is 13.1. The second-order valence-electron chi connectivity index (χ2n) is 10.3. The van der Waals surface area contributed by atoms with Crippen LogP contribution in [0.25, 0.3) is 0 Å². The van der Waals surface area contributed by atoms with E-state index >= 15 is 0 Å². The van der Waals surface area contributed by atoms with Gasteiger partial charge in [0.15, 0.2) is 11.7 Å². The number of benzene rings is 1. The molecule has 39 heavy (non-hydrogen) atoms. The molecule has 1 unspecified atom stereocenters. The number of pyridine rings is 1. The van der Waals surface area contributed by atoms with Crippen LogP contribution in [0.5, 0.6) is 5.75 Å². The van der Waals surface area contributed by atoms with Crippen LogP contribution in [0.4, 0.5) is 19.0 Å². The van der Waals surface area contributed by atoms with E-state index in [0.29, 0.717) is 34.5 Å². The maximum Gasteiger partial charge on any atom is 0.416 e. The Morgan fingerprint density at radius 2 is 1.82 bits per heavy atom. The van der Waals surface area contributed by atoms with Crippen molar-refractivity contribution in [3.05, 3.63) is 52.1 Å². The number of aliphatic hydroxyl groups is 1. The molecule has 0 spiro atoms. The number of alkyl halides is 3. The quantitative estimate of drug-likeness (QED) is 0.419. The van der Waals surface area contributed by atoms with Gasteiger partial charge in [-0.15, -0.1) is 0 Å². The first kappa shape index (κ1) is 29.2. The standard InChI is InChI=1S/C26H29Cl2F3N4O4/c1-25(2,39-20-7-4-15(27)9-19(20)28)24(38)34-16-10-17-5-6-18(11-16)35(17)22-8-3-14(12-32-22)23(37)33-13-21(36)26(29,30)31/h3-4,7-9,12,16-18,21,36H,5-6,10-11,13H2,1-2H3,(H,33,37)(H,34,38)/t16-,17+,18-,21?. The van der Waals surface area contributed by atoms with Crippen LogP contribution >= 0.6 is 23.2 Å². The van der Waals surface area contributed by atoms with Crippen LogP contribution in [0.1, 0.15) is 49.9 Å². The molecule has 2 bridgehead atoms. The minimum atomic E-state index is -4.81. The molecular weight excluding hydrogens is 560 g/mol. The van der Waals surface area contributed by atoms with E-state index in [4.69, 9.17) is 33.0 Å². The average Bonchev–Trinajstić information content (AvgIpc) is 3.13. The molecule has 8 nitrogen and oxygen atoms in total. The third kappa shape index (κ3) is 6.88. The molecule has 2 aliphatic rings. The Bertz CT molecular complexity index is 1200. The highest BCUT2D eigenvalue weighted by atomic mass is 35.5. The van der Waals surface area contributed by atoms with Gasteiger partial charge in [0.2, 0.25) is 0 Å². The number of hydrogen-bond acceptors (Lipinski definition) is 6. The molecule has 1 aromatic carbocycles. The molecule has 2 amide bonds. The minimum absolute atomic E-state index is 0.0695. The largest absolute Gasteiger partial charge is 0.476 e. The number of anilines is 1. The molecular formula is C26H29Cl2F3N4O4. The summed E-state index contributed by atoms with van der Waals surface area (Å²) in [4.78, 5) is 31.8. The van der Waals surface area contributed by atoms with Gasteiger partial charge in [-0.3, -0.25) is 9.59 Å². The fourth-order valence-electron chi connectivity index (χ4n) is 4.99.